The molecule has 20 heavy (non-hydrogen) atoms. The lowest BCUT2D eigenvalue weighted by Crippen LogP contribution is -2.03. The number of nitrogens with zero attached hydrogens (tertiary/aromatic N) is 3. The van der Waals surface area contributed by atoms with Crippen molar-refractivity contribution in [2.75, 3.05) is 5.73 Å². The summed E-state index contributed by atoms with van der Waals surface area (Å²) in [6, 6.07) is 7.33. The number of aromatic nitrogens is 3. The second-order valence-electron chi connectivity index (χ2n) is 4.21. The van der Waals surface area contributed by atoms with Crippen molar-refractivity contribution in [2.24, 2.45) is 0 Å². The fraction of sp³-hybridized carbons (Fsp3) is 0. The van der Waals surface area contributed by atoms with Crippen LogP contribution in [-0.2, 0) is 0 Å². The molecule has 100 valence electrons. The maximum atomic E-state index is 13.8. The van der Waals surface area contributed by atoms with Gasteiger partial charge in [0.25, 0.3) is 0 Å². The first-order valence-electron chi connectivity index (χ1n) is 5.86. The van der Waals surface area contributed by atoms with E-state index >= 15 is 0 Å². The Morgan fingerprint density at radius 1 is 1.00 bits per heavy atom. The van der Waals surface area contributed by atoms with E-state index in [0.717, 1.165) is 22.4 Å². The van der Waals surface area contributed by atoms with Gasteiger partial charge in [-0.3, -0.25) is 4.98 Å². The van der Waals surface area contributed by atoms with Crippen molar-refractivity contribution in [3.05, 3.63) is 60.6 Å². The number of nitrogens with two attached hydrogens (primary N) is 1. The van der Waals surface area contributed by atoms with Gasteiger partial charge in [0, 0.05) is 29.8 Å². The van der Waals surface area contributed by atoms with Crippen molar-refractivity contribution in [3.63, 3.8) is 0 Å². The molecular formula is C14H10F2N4. The van der Waals surface area contributed by atoms with E-state index in [1.165, 1.54) is 6.20 Å². The maximum absolute atomic E-state index is 13.8. The summed E-state index contributed by atoms with van der Waals surface area (Å²) in [5.74, 6) is -1.52. The van der Waals surface area contributed by atoms with Crippen LogP contribution in [0, 0.1) is 11.6 Å². The number of nitrogen functional groups attached to an aromatic ring is 1. The Morgan fingerprint density at radius 3 is 2.30 bits per heavy atom. The van der Waals surface area contributed by atoms with Gasteiger partial charge in [-0.05, 0) is 30.3 Å². The molecule has 0 amide bonds. The average molecular weight is 272 g/mol. The number of anilines is 1. The summed E-state index contributed by atoms with van der Waals surface area (Å²) in [6.45, 7) is 0. The molecule has 0 radical (unpaired) electrons. The minimum Gasteiger partial charge on any atom is -0.399 e. The number of pyridine rings is 1. The molecule has 0 saturated carbocycles. The third-order valence-corrected chi connectivity index (χ3v) is 2.83. The molecule has 1 aromatic carbocycles. The van der Waals surface area contributed by atoms with Crippen LogP contribution < -0.4 is 5.73 Å². The molecule has 0 bridgehead atoms. The van der Waals surface area contributed by atoms with Gasteiger partial charge in [0.2, 0.25) is 0 Å². The van der Waals surface area contributed by atoms with E-state index in [1.54, 1.807) is 30.6 Å². The van der Waals surface area contributed by atoms with E-state index in [2.05, 4.69) is 10.1 Å². The van der Waals surface area contributed by atoms with Crippen LogP contribution in [-0.4, -0.2) is 14.8 Å². The standard InChI is InChI=1S/C14H10F2N4/c15-11-7-10(17)8-12(16)14(11)20-6-3-13(19-20)9-1-4-18-5-2-9/h1-8H,17H2. The smallest absolute Gasteiger partial charge is 0.153 e. The van der Waals surface area contributed by atoms with Crippen molar-refractivity contribution in [1.82, 2.24) is 14.8 Å². The molecule has 0 spiro atoms. The normalized spacial score (nSPS) is 10.7. The molecule has 4 nitrogen and oxygen atoms in total. The number of benzene rings is 1. The largest absolute Gasteiger partial charge is 0.399 e. The van der Waals surface area contributed by atoms with E-state index in [1.807, 2.05) is 0 Å². The summed E-state index contributed by atoms with van der Waals surface area (Å²) in [5.41, 5.74) is 6.58. The minimum absolute atomic E-state index is 0.0327. The van der Waals surface area contributed by atoms with Crippen LogP contribution in [0.4, 0.5) is 14.5 Å². The molecule has 3 rings (SSSR count). The zero-order valence-corrected chi connectivity index (χ0v) is 10.3. The summed E-state index contributed by atoms with van der Waals surface area (Å²) < 4.78 is 28.8. The van der Waals surface area contributed by atoms with Gasteiger partial charge in [-0.1, -0.05) is 0 Å². The lowest BCUT2D eigenvalue weighted by molar-refractivity contribution is 0.561. The minimum atomic E-state index is -0.758. The molecule has 3 aromatic rings. The third kappa shape index (κ3) is 2.11. The van der Waals surface area contributed by atoms with Crippen molar-refractivity contribution < 1.29 is 8.78 Å². The highest BCUT2D eigenvalue weighted by Crippen LogP contribution is 2.23. The van der Waals surface area contributed by atoms with E-state index in [0.29, 0.717) is 5.69 Å². The SMILES string of the molecule is Nc1cc(F)c(-n2ccc(-c3ccncc3)n2)c(F)c1. The van der Waals surface area contributed by atoms with Crippen LogP contribution in [0.15, 0.2) is 48.9 Å². The summed E-state index contributed by atoms with van der Waals surface area (Å²) in [6.07, 6.45) is 4.74. The summed E-state index contributed by atoms with van der Waals surface area (Å²) >= 11 is 0. The zero-order chi connectivity index (χ0) is 14.1. The highest BCUT2D eigenvalue weighted by Gasteiger charge is 2.14. The molecule has 0 aliphatic heterocycles. The molecule has 0 aliphatic rings. The van der Waals surface area contributed by atoms with Gasteiger partial charge in [-0.25, -0.2) is 13.5 Å². The van der Waals surface area contributed by atoms with Crippen molar-refractivity contribution >= 4 is 5.69 Å². The Bertz CT molecular complexity index is 730. The number of hydrogen-bond donors (Lipinski definition) is 1. The fourth-order valence-corrected chi connectivity index (χ4v) is 1.93. The van der Waals surface area contributed by atoms with Crippen LogP contribution in [0.5, 0.6) is 0 Å². The lowest BCUT2D eigenvalue weighted by Gasteiger charge is -2.06. The summed E-state index contributed by atoms with van der Waals surface area (Å²) in [5, 5.41) is 4.17. The molecular weight excluding hydrogens is 262 g/mol. The summed E-state index contributed by atoms with van der Waals surface area (Å²) in [4.78, 5) is 3.91. The number of hydrogen-bond acceptors (Lipinski definition) is 3. The Morgan fingerprint density at radius 2 is 1.65 bits per heavy atom. The molecule has 0 unspecified atom stereocenters. The Kier molecular flexibility index (Phi) is 2.90. The Hall–Kier alpha value is -2.76. The molecule has 2 N–H and O–H groups in total. The Balaban J connectivity index is 2.07. The van der Waals surface area contributed by atoms with Crippen molar-refractivity contribution in [3.8, 4) is 16.9 Å². The van der Waals surface area contributed by atoms with Crippen LogP contribution in [0.1, 0.15) is 0 Å². The van der Waals surface area contributed by atoms with Crippen LogP contribution in [0.25, 0.3) is 16.9 Å². The predicted octanol–water partition coefficient (Wildman–Crippen LogP) is 2.79. The topological polar surface area (TPSA) is 56.7 Å². The first kappa shape index (κ1) is 12.3. The highest BCUT2D eigenvalue weighted by molar-refractivity contribution is 5.58. The summed E-state index contributed by atoms with van der Waals surface area (Å²) in [7, 11) is 0. The highest BCUT2D eigenvalue weighted by atomic mass is 19.1. The lowest BCUT2D eigenvalue weighted by atomic mass is 10.2. The van der Waals surface area contributed by atoms with Gasteiger partial charge in [0.1, 0.15) is 5.69 Å². The maximum Gasteiger partial charge on any atom is 0.153 e. The predicted molar refractivity (Wildman–Crippen MR) is 71.1 cm³/mol. The molecule has 2 heterocycles. The monoisotopic (exact) mass is 272 g/mol. The van der Waals surface area contributed by atoms with Crippen LogP contribution in [0.2, 0.25) is 0 Å². The van der Waals surface area contributed by atoms with Gasteiger partial charge in [0.15, 0.2) is 11.6 Å². The zero-order valence-electron chi connectivity index (χ0n) is 10.3. The fourth-order valence-electron chi connectivity index (χ4n) is 1.93. The van der Waals surface area contributed by atoms with Gasteiger partial charge in [0.05, 0.1) is 5.69 Å². The van der Waals surface area contributed by atoms with E-state index in [4.69, 9.17) is 5.73 Å². The molecule has 0 fully saturated rings. The molecule has 0 saturated heterocycles. The Labute approximate surface area is 113 Å². The van der Waals surface area contributed by atoms with Gasteiger partial charge >= 0.3 is 0 Å². The quantitative estimate of drug-likeness (QED) is 0.730. The van der Waals surface area contributed by atoms with E-state index < -0.39 is 11.6 Å². The molecule has 0 atom stereocenters. The van der Waals surface area contributed by atoms with Crippen LogP contribution >= 0.6 is 0 Å². The van der Waals surface area contributed by atoms with E-state index in [-0.39, 0.29) is 11.4 Å². The van der Waals surface area contributed by atoms with Gasteiger partial charge in [-0.15, -0.1) is 0 Å². The average Bonchev–Trinajstić information content (AvgIpc) is 2.88. The first-order chi connectivity index (χ1) is 9.65. The second-order valence-corrected chi connectivity index (χ2v) is 4.21. The number of halogens is 2. The molecule has 2 aromatic heterocycles. The third-order valence-electron chi connectivity index (χ3n) is 2.83. The van der Waals surface area contributed by atoms with Gasteiger partial charge in [-0.2, -0.15) is 5.10 Å². The van der Waals surface area contributed by atoms with Gasteiger partial charge < -0.3 is 5.73 Å². The molecule has 6 heteroatoms. The molecule has 0 aliphatic carbocycles. The second kappa shape index (κ2) is 4.73. The first-order valence-corrected chi connectivity index (χ1v) is 5.86. The van der Waals surface area contributed by atoms with Crippen molar-refractivity contribution in [1.29, 1.82) is 0 Å². The van der Waals surface area contributed by atoms with Crippen molar-refractivity contribution in [2.45, 2.75) is 0 Å². The van der Waals surface area contributed by atoms with E-state index in [9.17, 15) is 8.78 Å². The van der Waals surface area contributed by atoms with Crippen LogP contribution in [0.3, 0.4) is 0 Å². The number of rotatable bonds is 2.